The molecule has 2 rings (SSSR count). The number of rotatable bonds is 5. The van der Waals surface area contributed by atoms with E-state index in [1.165, 1.54) is 21.3 Å². The first kappa shape index (κ1) is 17.5. The summed E-state index contributed by atoms with van der Waals surface area (Å²) in [5.74, 6) is -0.741. The minimum Gasteiger partial charge on any atom is -0.496 e. The van der Waals surface area contributed by atoms with Gasteiger partial charge in [-0.3, -0.25) is 4.79 Å². The van der Waals surface area contributed by atoms with Crippen molar-refractivity contribution in [3.63, 3.8) is 0 Å². The van der Waals surface area contributed by atoms with Crippen molar-refractivity contribution in [2.24, 2.45) is 5.41 Å². The van der Waals surface area contributed by atoms with Crippen LogP contribution in [-0.2, 0) is 14.3 Å². The maximum atomic E-state index is 13.1. The van der Waals surface area contributed by atoms with Gasteiger partial charge in [0.05, 0.1) is 20.3 Å². The Morgan fingerprint density at radius 1 is 1.42 bits per heavy atom. The lowest BCUT2D eigenvalue weighted by molar-refractivity contribution is -0.137. The second-order valence-corrected chi connectivity index (χ2v) is 5.20. The van der Waals surface area contributed by atoms with E-state index >= 15 is 0 Å². The number of benzene rings is 1. The third-order valence-corrected chi connectivity index (χ3v) is 3.86. The Labute approximate surface area is 139 Å². The summed E-state index contributed by atoms with van der Waals surface area (Å²) in [5.41, 5.74) is -1.68. The number of carbonyl (C=O) groups is 2. The van der Waals surface area contributed by atoms with Gasteiger partial charge in [0.1, 0.15) is 17.1 Å². The van der Waals surface area contributed by atoms with Crippen LogP contribution < -0.4 is 9.47 Å². The molecule has 0 saturated heterocycles. The Morgan fingerprint density at radius 3 is 2.67 bits per heavy atom. The summed E-state index contributed by atoms with van der Waals surface area (Å²) < 4.78 is 20.7. The van der Waals surface area contributed by atoms with Crippen LogP contribution in [0.1, 0.15) is 16.8 Å². The number of esters is 1. The molecular weight excluding hydrogens is 314 g/mol. The van der Waals surface area contributed by atoms with Crippen LogP contribution in [0, 0.1) is 16.7 Å². The van der Waals surface area contributed by atoms with Gasteiger partial charge < -0.3 is 18.9 Å². The van der Waals surface area contributed by atoms with Crippen molar-refractivity contribution in [1.29, 1.82) is 5.26 Å². The first-order valence-corrected chi connectivity index (χ1v) is 7.03. The molecule has 0 saturated carbocycles. The van der Waals surface area contributed by atoms with E-state index in [1.54, 1.807) is 18.2 Å². The van der Waals surface area contributed by atoms with Gasteiger partial charge in [-0.15, -0.1) is 0 Å². The smallest absolute Gasteiger partial charge is 0.333 e. The second-order valence-electron chi connectivity index (χ2n) is 5.20. The summed E-state index contributed by atoms with van der Waals surface area (Å²) in [5, 5.41) is 9.74. The molecule has 1 aromatic carbocycles. The maximum Gasteiger partial charge on any atom is 0.333 e. The summed E-state index contributed by atoms with van der Waals surface area (Å²) in [6.07, 6.45) is -1.48. The van der Waals surface area contributed by atoms with Gasteiger partial charge in [0.15, 0.2) is 11.2 Å². The molecule has 7 heteroatoms. The number of fused-ring (bicyclic) bond motifs is 1. The highest BCUT2D eigenvalue weighted by Gasteiger charge is 2.54. The SMILES string of the molecule is C=C(C[C@]1(C#N)C(=O)c2c(OC)cccc2O[C@H]1OC)C(=O)OC. The van der Waals surface area contributed by atoms with Gasteiger partial charge in [0.25, 0.3) is 0 Å². The highest BCUT2D eigenvalue weighted by molar-refractivity contribution is 6.08. The molecule has 1 aromatic rings. The number of carbonyl (C=O) groups excluding carboxylic acids is 2. The van der Waals surface area contributed by atoms with E-state index in [0.717, 1.165) is 0 Å². The molecule has 0 N–H and O–H groups in total. The minimum absolute atomic E-state index is 0.0311. The van der Waals surface area contributed by atoms with Crippen molar-refractivity contribution < 1.29 is 28.5 Å². The number of nitrogens with zero attached hydrogens (tertiary/aromatic N) is 1. The molecule has 1 aliphatic heterocycles. The zero-order chi connectivity index (χ0) is 17.9. The molecule has 0 amide bonds. The number of methoxy groups -OCH3 is 3. The molecule has 0 radical (unpaired) electrons. The lowest BCUT2D eigenvalue weighted by Gasteiger charge is -2.37. The van der Waals surface area contributed by atoms with Crippen molar-refractivity contribution in [1.82, 2.24) is 0 Å². The van der Waals surface area contributed by atoms with E-state index in [-0.39, 0.29) is 29.1 Å². The normalized spacial score (nSPS) is 21.9. The van der Waals surface area contributed by atoms with Crippen LogP contribution in [0.2, 0.25) is 0 Å². The zero-order valence-electron chi connectivity index (χ0n) is 13.6. The van der Waals surface area contributed by atoms with Gasteiger partial charge >= 0.3 is 5.97 Å². The fraction of sp³-hybridized carbons (Fsp3) is 0.353. The molecule has 1 aliphatic rings. The van der Waals surface area contributed by atoms with Crippen LogP contribution >= 0.6 is 0 Å². The van der Waals surface area contributed by atoms with Crippen LogP contribution in [0.15, 0.2) is 30.4 Å². The van der Waals surface area contributed by atoms with Gasteiger partial charge in [-0.2, -0.15) is 5.26 Å². The van der Waals surface area contributed by atoms with Crippen molar-refractivity contribution >= 4 is 11.8 Å². The highest BCUT2D eigenvalue weighted by atomic mass is 16.7. The van der Waals surface area contributed by atoms with Gasteiger partial charge in [-0.25, -0.2) is 4.79 Å². The van der Waals surface area contributed by atoms with E-state index in [9.17, 15) is 14.9 Å². The number of hydrogen-bond acceptors (Lipinski definition) is 7. The van der Waals surface area contributed by atoms with Crippen LogP contribution in [-0.4, -0.2) is 39.4 Å². The Bertz CT molecular complexity index is 735. The number of nitriles is 1. The lowest BCUT2D eigenvalue weighted by atomic mass is 9.74. The second kappa shape index (κ2) is 6.72. The minimum atomic E-state index is -1.78. The molecule has 2 atom stereocenters. The largest absolute Gasteiger partial charge is 0.496 e. The third-order valence-electron chi connectivity index (χ3n) is 3.86. The number of hydrogen-bond donors (Lipinski definition) is 0. The average Bonchev–Trinajstić information content (AvgIpc) is 2.62. The van der Waals surface area contributed by atoms with Gasteiger partial charge in [-0.05, 0) is 12.1 Å². The van der Waals surface area contributed by atoms with E-state index in [1.807, 2.05) is 6.07 Å². The first-order valence-electron chi connectivity index (χ1n) is 7.03. The average molecular weight is 331 g/mol. The van der Waals surface area contributed by atoms with Gasteiger partial charge in [-0.1, -0.05) is 12.6 Å². The molecule has 7 nitrogen and oxygen atoms in total. The zero-order valence-corrected chi connectivity index (χ0v) is 13.6. The van der Waals surface area contributed by atoms with Crippen LogP contribution in [0.5, 0.6) is 11.5 Å². The molecule has 24 heavy (non-hydrogen) atoms. The molecule has 1 heterocycles. The van der Waals surface area contributed by atoms with Crippen molar-refractivity contribution in [3.05, 3.63) is 35.9 Å². The van der Waals surface area contributed by atoms with Crippen LogP contribution in [0.3, 0.4) is 0 Å². The summed E-state index contributed by atoms with van der Waals surface area (Å²) in [4.78, 5) is 24.8. The number of Topliss-reactive ketones (excluding diaryl/α,β-unsaturated/α-hetero) is 1. The Morgan fingerprint density at radius 2 is 2.12 bits per heavy atom. The van der Waals surface area contributed by atoms with Crippen molar-refractivity contribution in [2.75, 3.05) is 21.3 Å². The molecular formula is C17H17NO6. The number of ether oxygens (including phenoxy) is 4. The van der Waals surface area contributed by atoms with Gasteiger partial charge in [0.2, 0.25) is 6.29 Å². The molecule has 0 spiro atoms. The quantitative estimate of drug-likeness (QED) is 0.600. The summed E-state index contributed by atoms with van der Waals surface area (Å²) in [6.45, 7) is 3.59. The predicted molar refractivity (Wildman–Crippen MR) is 82.6 cm³/mol. The van der Waals surface area contributed by atoms with E-state index in [2.05, 4.69) is 11.3 Å². The summed E-state index contributed by atoms with van der Waals surface area (Å²) in [7, 11) is 3.92. The Balaban J connectivity index is 2.58. The fourth-order valence-corrected chi connectivity index (χ4v) is 2.66. The maximum absolute atomic E-state index is 13.1. The van der Waals surface area contributed by atoms with E-state index in [4.69, 9.17) is 14.2 Å². The first-order chi connectivity index (χ1) is 11.4. The molecule has 0 aromatic heterocycles. The Hall–Kier alpha value is -2.85. The molecule has 126 valence electrons. The Kier molecular flexibility index (Phi) is 4.90. The van der Waals surface area contributed by atoms with Crippen LogP contribution in [0.4, 0.5) is 0 Å². The predicted octanol–water partition coefficient (Wildman–Crippen LogP) is 1.87. The summed E-state index contributed by atoms with van der Waals surface area (Å²) in [6, 6.07) is 6.77. The fourth-order valence-electron chi connectivity index (χ4n) is 2.66. The van der Waals surface area contributed by atoms with Crippen molar-refractivity contribution in [3.8, 4) is 17.6 Å². The molecule has 0 fully saturated rings. The lowest BCUT2D eigenvalue weighted by Crippen LogP contribution is -2.49. The monoisotopic (exact) mass is 331 g/mol. The van der Waals surface area contributed by atoms with E-state index < -0.39 is 23.5 Å². The molecule has 0 unspecified atom stereocenters. The van der Waals surface area contributed by atoms with E-state index in [0.29, 0.717) is 0 Å². The third kappa shape index (κ3) is 2.61. The van der Waals surface area contributed by atoms with Crippen molar-refractivity contribution in [2.45, 2.75) is 12.7 Å². The van der Waals surface area contributed by atoms with Crippen LogP contribution in [0.25, 0.3) is 0 Å². The summed E-state index contributed by atoms with van der Waals surface area (Å²) >= 11 is 0. The highest BCUT2D eigenvalue weighted by Crippen LogP contribution is 2.45. The topological polar surface area (TPSA) is 94.9 Å². The standard InChI is InChI=1S/C17H17NO6/c1-10(15(20)22-3)8-17(9-18)14(19)13-11(21-2)6-5-7-12(13)24-16(17)23-4/h5-7,16H,1,8H2,2-4H3/t16-,17+/m1/s1. The van der Waals surface area contributed by atoms with Gasteiger partial charge in [0, 0.05) is 19.1 Å². The molecule has 0 aliphatic carbocycles. The molecule has 0 bridgehead atoms. The number of ketones is 1.